The molecule has 0 bridgehead atoms. The van der Waals surface area contributed by atoms with Crippen molar-refractivity contribution in [3.05, 3.63) is 44.9 Å². The van der Waals surface area contributed by atoms with Gasteiger partial charge in [0.2, 0.25) is 0 Å². The number of rotatable bonds is 8. The summed E-state index contributed by atoms with van der Waals surface area (Å²) in [6.07, 6.45) is 0.494. The van der Waals surface area contributed by atoms with Gasteiger partial charge in [-0.25, -0.2) is 14.3 Å². The third kappa shape index (κ3) is 5.00. The largest absolute Gasteiger partial charge is 0.493 e. The smallest absolute Gasteiger partial charge is 0.407 e. The molecule has 0 spiro atoms. The molecule has 1 aromatic heterocycles. The van der Waals surface area contributed by atoms with E-state index in [1.807, 2.05) is 0 Å². The molecule has 0 saturated carbocycles. The van der Waals surface area contributed by atoms with E-state index >= 15 is 0 Å². The standard InChI is InChI=1S/C16H19ClN4O6/c1-10-19-8-15(21(23)24)20(10)5-4-18-16(22)27-9-11-6-13(25-2)14(26-3)7-12(11)17/h6-8H,4-5,9H2,1-3H3,(H,18,22). The lowest BCUT2D eigenvalue weighted by Crippen LogP contribution is -2.28. The van der Waals surface area contributed by atoms with Crippen LogP contribution < -0.4 is 14.8 Å². The van der Waals surface area contributed by atoms with Crippen molar-refractivity contribution in [2.24, 2.45) is 0 Å². The van der Waals surface area contributed by atoms with E-state index in [0.717, 1.165) is 0 Å². The molecular formula is C16H19ClN4O6. The second-order valence-electron chi connectivity index (χ2n) is 5.37. The molecule has 2 aromatic rings. The van der Waals surface area contributed by atoms with Crippen LogP contribution in [0.4, 0.5) is 10.6 Å². The summed E-state index contributed by atoms with van der Waals surface area (Å²) in [7, 11) is 2.98. The van der Waals surface area contributed by atoms with E-state index in [2.05, 4.69) is 10.3 Å². The zero-order chi connectivity index (χ0) is 20.0. The molecule has 0 aliphatic rings. The molecule has 1 N–H and O–H groups in total. The van der Waals surface area contributed by atoms with Crippen molar-refractivity contribution in [1.29, 1.82) is 0 Å². The minimum absolute atomic E-state index is 0.0741. The zero-order valence-electron chi connectivity index (χ0n) is 15.0. The van der Waals surface area contributed by atoms with E-state index in [0.29, 0.717) is 27.9 Å². The molecule has 2 rings (SSSR count). The number of amides is 1. The van der Waals surface area contributed by atoms with Gasteiger partial charge in [0.05, 0.1) is 25.8 Å². The molecule has 1 heterocycles. The van der Waals surface area contributed by atoms with Gasteiger partial charge < -0.3 is 29.6 Å². The molecule has 0 aliphatic carbocycles. The Bertz CT molecular complexity index is 839. The Balaban J connectivity index is 1.89. The Morgan fingerprint density at radius 2 is 2.00 bits per heavy atom. The number of nitrogens with one attached hydrogen (secondary N) is 1. The molecule has 0 unspecified atom stereocenters. The van der Waals surface area contributed by atoms with Crippen molar-refractivity contribution in [1.82, 2.24) is 14.9 Å². The molecule has 0 fully saturated rings. The minimum atomic E-state index is -0.679. The highest BCUT2D eigenvalue weighted by atomic mass is 35.5. The number of aryl methyl sites for hydroxylation is 1. The van der Waals surface area contributed by atoms with Crippen LogP contribution in [-0.4, -0.2) is 41.3 Å². The summed E-state index contributed by atoms with van der Waals surface area (Å²) in [6.45, 7) is 1.89. The maximum atomic E-state index is 11.8. The van der Waals surface area contributed by atoms with Gasteiger partial charge in [0.25, 0.3) is 0 Å². The van der Waals surface area contributed by atoms with Gasteiger partial charge in [-0.1, -0.05) is 11.6 Å². The van der Waals surface area contributed by atoms with E-state index in [1.54, 1.807) is 19.1 Å². The van der Waals surface area contributed by atoms with Crippen molar-refractivity contribution in [2.45, 2.75) is 20.1 Å². The zero-order valence-corrected chi connectivity index (χ0v) is 15.8. The van der Waals surface area contributed by atoms with Crippen molar-refractivity contribution in [3.8, 4) is 11.5 Å². The van der Waals surface area contributed by atoms with Gasteiger partial charge in [-0.3, -0.25) is 0 Å². The molecule has 1 amide bonds. The Morgan fingerprint density at radius 1 is 1.33 bits per heavy atom. The summed E-state index contributed by atoms with van der Waals surface area (Å²) in [4.78, 5) is 26.1. The van der Waals surface area contributed by atoms with E-state index in [1.165, 1.54) is 25.0 Å². The Hall–Kier alpha value is -3.01. The van der Waals surface area contributed by atoms with Crippen LogP contribution in [0.15, 0.2) is 18.3 Å². The molecule has 11 heteroatoms. The molecule has 27 heavy (non-hydrogen) atoms. The Morgan fingerprint density at radius 3 is 2.63 bits per heavy atom. The first kappa shape index (κ1) is 20.3. The van der Waals surface area contributed by atoms with E-state index in [9.17, 15) is 14.9 Å². The fraction of sp³-hybridized carbons (Fsp3) is 0.375. The van der Waals surface area contributed by atoms with Crippen LogP contribution in [0.1, 0.15) is 11.4 Å². The van der Waals surface area contributed by atoms with Crippen molar-refractivity contribution in [3.63, 3.8) is 0 Å². The van der Waals surface area contributed by atoms with Crippen LogP contribution in [0.3, 0.4) is 0 Å². The highest BCUT2D eigenvalue weighted by Crippen LogP contribution is 2.33. The van der Waals surface area contributed by atoms with Gasteiger partial charge >= 0.3 is 11.9 Å². The van der Waals surface area contributed by atoms with Gasteiger partial charge in [0.15, 0.2) is 17.3 Å². The molecule has 0 aliphatic heterocycles. The number of ether oxygens (including phenoxy) is 3. The van der Waals surface area contributed by atoms with Crippen LogP contribution in [0.25, 0.3) is 0 Å². The highest BCUT2D eigenvalue weighted by Gasteiger charge is 2.17. The lowest BCUT2D eigenvalue weighted by atomic mass is 10.2. The van der Waals surface area contributed by atoms with E-state index in [4.69, 9.17) is 25.8 Å². The second-order valence-corrected chi connectivity index (χ2v) is 5.78. The Kier molecular flexibility index (Phi) is 6.83. The predicted molar refractivity (Wildman–Crippen MR) is 96.4 cm³/mol. The summed E-state index contributed by atoms with van der Waals surface area (Å²) in [6, 6.07) is 3.19. The second kappa shape index (κ2) is 9.08. The van der Waals surface area contributed by atoms with Gasteiger partial charge in [-0.2, -0.15) is 0 Å². The average Bonchev–Trinajstić information content (AvgIpc) is 3.01. The summed E-state index contributed by atoms with van der Waals surface area (Å²) < 4.78 is 16.8. The summed E-state index contributed by atoms with van der Waals surface area (Å²) in [5.41, 5.74) is 0.547. The summed E-state index contributed by atoms with van der Waals surface area (Å²) >= 11 is 6.14. The average molecular weight is 399 g/mol. The number of hydrogen-bond donors (Lipinski definition) is 1. The molecular weight excluding hydrogens is 380 g/mol. The first-order chi connectivity index (χ1) is 12.9. The number of benzene rings is 1. The van der Waals surface area contributed by atoms with Gasteiger partial charge in [-0.05, 0) is 11.0 Å². The normalized spacial score (nSPS) is 10.4. The number of halogens is 1. The molecule has 0 saturated heterocycles. The monoisotopic (exact) mass is 398 g/mol. The maximum absolute atomic E-state index is 11.8. The van der Waals surface area contributed by atoms with Crippen LogP contribution in [0.2, 0.25) is 5.02 Å². The third-order valence-electron chi connectivity index (χ3n) is 3.74. The molecule has 146 valence electrons. The van der Waals surface area contributed by atoms with Crippen molar-refractivity contribution < 1.29 is 23.9 Å². The number of alkyl carbamates (subject to hydrolysis) is 1. The van der Waals surface area contributed by atoms with Crippen LogP contribution >= 0.6 is 11.6 Å². The number of methoxy groups -OCH3 is 2. The highest BCUT2D eigenvalue weighted by molar-refractivity contribution is 6.31. The van der Waals surface area contributed by atoms with Crippen LogP contribution in [0.5, 0.6) is 11.5 Å². The topological polar surface area (TPSA) is 118 Å². The number of carbonyl (C=O) groups excluding carboxylic acids is 1. The predicted octanol–water partition coefficient (Wildman–Crippen LogP) is 2.70. The number of hydrogen-bond acceptors (Lipinski definition) is 7. The maximum Gasteiger partial charge on any atom is 0.407 e. The number of imidazole rings is 1. The number of carbonyl (C=O) groups is 1. The first-order valence-electron chi connectivity index (χ1n) is 7.85. The number of aromatic nitrogens is 2. The SMILES string of the molecule is COc1cc(Cl)c(COC(=O)NCCn2c([N+](=O)[O-])cnc2C)cc1OC. The first-order valence-corrected chi connectivity index (χ1v) is 8.22. The van der Waals surface area contributed by atoms with Crippen molar-refractivity contribution in [2.75, 3.05) is 20.8 Å². The van der Waals surface area contributed by atoms with Crippen LogP contribution in [-0.2, 0) is 17.9 Å². The number of nitrogens with zero attached hydrogens (tertiary/aromatic N) is 3. The lowest BCUT2D eigenvalue weighted by Gasteiger charge is -2.12. The van der Waals surface area contributed by atoms with E-state index < -0.39 is 11.0 Å². The van der Waals surface area contributed by atoms with Gasteiger partial charge in [-0.15, -0.1) is 0 Å². The fourth-order valence-corrected chi connectivity index (χ4v) is 2.56. The minimum Gasteiger partial charge on any atom is -0.493 e. The fourth-order valence-electron chi connectivity index (χ4n) is 2.35. The van der Waals surface area contributed by atoms with Gasteiger partial charge in [0.1, 0.15) is 19.3 Å². The lowest BCUT2D eigenvalue weighted by molar-refractivity contribution is -0.392. The van der Waals surface area contributed by atoms with Crippen molar-refractivity contribution >= 4 is 23.5 Å². The molecule has 1 aromatic carbocycles. The molecule has 0 radical (unpaired) electrons. The number of nitro groups is 1. The Labute approximate surface area is 160 Å². The molecule has 10 nitrogen and oxygen atoms in total. The van der Waals surface area contributed by atoms with E-state index in [-0.39, 0.29) is 25.5 Å². The van der Waals surface area contributed by atoms with Crippen LogP contribution in [0, 0.1) is 17.0 Å². The van der Waals surface area contributed by atoms with Gasteiger partial charge in [0, 0.05) is 18.6 Å². The summed E-state index contributed by atoms with van der Waals surface area (Å²) in [5.74, 6) is 1.27. The molecule has 0 atom stereocenters. The third-order valence-corrected chi connectivity index (χ3v) is 4.09. The summed E-state index contributed by atoms with van der Waals surface area (Å²) in [5, 5.41) is 13.8. The quantitative estimate of drug-likeness (QED) is 0.536.